The first-order chi connectivity index (χ1) is 10.5. The number of nitrogens with zero attached hydrogens (tertiary/aromatic N) is 2. The van der Waals surface area contributed by atoms with Crippen LogP contribution in [0, 0.1) is 0 Å². The van der Waals surface area contributed by atoms with Crippen LogP contribution in [0.1, 0.15) is 31.7 Å². The van der Waals surface area contributed by atoms with E-state index in [0.717, 1.165) is 42.3 Å². The Morgan fingerprint density at radius 1 is 1.12 bits per heavy atom. The largest absolute Gasteiger partial charge is 0.338 e. The molecule has 24 heavy (non-hydrogen) atoms. The second kappa shape index (κ2) is 8.86. The van der Waals surface area contributed by atoms with Crippen LogP contribution in [0.2, 0.25) is 0 Å². The SMILES string of the molecule is CC(N)(C(=O)N1CCN(C2CCC2)CC1)c1ccc(Br)cc1.Cl.Cl. The molecule has 1 aliphatic carbocycles. The molecule has 1 saturated carbocycles. The van der Waals surface area contributed by atoms with Crippen LogP contribution in [0.3, 0.4) is 0 Å². The highest BCUT2D eigenvalue weighted by Gasteiger charge is 2.37. The Morgan fingerprint density at radius 2 is 1.67 bits per heavy atom. The summed E-state index contributed by atoms with van der Waals surface area (Å²) in [6.07, 6.45) is 4.00. The summed E-state index contributed by atoms with van der Waals surface area (Å²) in [5.74, 6) is 0.0306. The Bertz CT molecular complexity index is 541. The van der Waals surface area contributed by atoms with E-state index in [9.17, 15) is 4.79 Å². The monoisotopic (exact) mass is 437 g/mol. The van der Waals surface area contributed by atoms with Gasteiger partial charge in [0.25, 0.3) is 0 Å². The molecule has 4 nitrogen and oxygen atoms in total. The zero-order valence-corrected chi connectivity index (χ0v) is 17.1. The van der Waals surface area contributed by atoms with Gasteiger partial charge in [-0.15, -0.1) is 24.8 Å². The molecular weight excluding hydrogens is 413 g/mol. The van der Waals surface area contributed by atoms with Crippen molar-refractivity contribution in [1.29, 1.82) is 0 Å². The molecule has 1 aliphatic heterocycles. The van der Waals surface area contributed by atoms with Gasteiger partial charge in [-0.1, -0.05) is 34.5 Å². The molecule has 0 bridgehead atoms. The maximum absolute atomic E-state index is 12.8. The van der Waals surface area contributed by atoms with Gasteiger partial charge in [-0.2, -0.15) is 0 Å². The molecule has 1 aromatic carbocycles. The third-order valence-corrected chi connectivity index (χ3v) is 5.61. The molecule has 1 heterocycles. The van der Waals surface area contributed by atoms with Crippen molar-refractivity contribution in [1.82, 2.24) is 9.80 Å². The standard InChI is InChI=1S/C17H24BrN3O.2ClH/c1-17(19,13-5-7-14(18)8-6-13)16(22)21-11-9-20(10-12-21)15-3-2-4-15;;/h5-8,15H,2-4,9-12,19H2,1H3;2*1H. The molecule has 1 atom stereocenters. The Kier molecular flexibility index (Phi) is 8.01. The van der Waals surface area contributed by atoms with Crippen LogP contribution in [0.5, 0.6) is 0 Å². The minimum Gasteiger partial charge on any atom is -0.338 e. The Morgan fingerprint density at radius 3 is 2.12 bits per heavy atom. The number of nitrogens with two attached hydrogens (primary N) is 1. The van der Waals surface area contributed by atoms with Crippen LogP contribution in [0.4, 0.5) is 0 Å². The molecule has 2 fully saturated rings. The van der Waals surface area contributed by atoms with E-state index < -0.39 is 5.54 Å². The molecule has 2 aliphatic rings. The number of piperazine rings is 1. The van der Waals surface area contributed by atoms with Gasteiger partial charge < -0.3 is 10.6 Å². The number of rotatable bonds is 3. The van der Waals surface area contributed by atoms with Crippen molar-refractivity contribution in [2.75, 3.05) is 26.2 Å². The summed E-state index contributed by atoms with van der Waals surface area (Å²) >= 11 is 3.42. The third-order valence-electron chi connectivity index (χ3n) is 5.08. The van der Waals surface area contributed by atoms with Gasteiger partial charge >= 0.3 is 0 Å². The maximum Gasteiger partial charge on any atom is 0.247 e. The van der Waals surface area contributed by atoms with Gasteiger partial charge in [-0.3, -0.25) is 9.69 Å². The molecule has 1 amide bonds. The van der Waals surface area contributed by atoms with Crippen molar-refractivity contribution in [3.8, 4) is 0 Å². The van der Waals surface area contributed by atoms with Crippen molar-refractivity contribution >= 4 is 46.7 Å². The van der Waals surface area contributed by atoms with E-state index in [2.05, 4.69) is 20.8 Å². The summed E-state index contributed by atoms with van der Waals surface area (Å²) in [5.41, 5.74) is 6.28. The second-order valence-electron chi connectivity index (χ2n) is 6.62. The molecule has 136 valence electrons. The lowest BCUT2D eigenvalue weighted by Crippen LogP contribution is -2.58. The third kappa shape index (κ3) is 4.44. The average Bonchev–Trinajstić information content (AvgIpc) is 2.46. The number of benzene rings is 1. The van der Waals surface area contributed by atoms with Crippen LogP contribution >= 0.6 is 40.7 Å². The smallest absolute Gasteiger partial charge is 0.247 e. The van der Waals surface area contributed by atoms with Crippen LogP contribution in [-0.4, -0.2) is 47.9 Å². The highest BCUT2D eigenvalue weighted by molar-refractivity contribution is 9.10. The van der Waals surface area contributed by atoms with E-state index in [0.29, 0.717) is 0 Å². The maximum atomic E-state index is 12.8. The zero-order valence-electron chi connectivity index (χ0n) is 13.9. The van der Waals surface area contributed by atoms with Crippen molar-refractivity contribution in [2.24, 2.45) is 5.73 Å². The number of hydrogen-bond donors (Lipinski definition) is 1. The van der Waals surface area contributed by atoms with E-state index in [1.165, 1.54) is 19.3 Å². The van der Waals surface area contributed by atoms with Crippen LogP contribution in [-0.2, 0) is 10.3 Å². The predicted molar refractivity (Wildman–Crippen MR) is 106 cm³/mol. The number of halogens is 3. The molecule has 0 spiro atoms. The van der Waals surface area contributed by atoms with Crippen molar-refractivity contribution < 1.29 is 4.79 Å². The topological polar surface area (TPSA) is 49.6 Å². The first-order valence-electron chi connectivity index (χ1n) is 8.07. The summed E-state index contributed by atoms with van der Waals surface area (Å²) in [6.45, 7) is 5.35. The fourth-order valence-corrected chi connectivity index (χ4v) is 3.55. The van der Waals surface area contributed by atoms with E-state index in [1.54, 1.807) is 0 Å². The quantitative estimate of drug-likeness (QED) is 0.788. The summed E-state index contributed by atoms with van der Waals surface area (Å²) in [6, 6.07) is 8.47. The molecule has 2 N–H and O–H groups in total. The number of carbonyl (C=O) groups excluding carboxylic acids is 1. The summed E-state index contributed by atoms with van der Waals surface area (Å²) in [5, 5.41) is 0. The highest BCUT2D eigenvalue weighted by atomic mass is 79.9. The van der Waals surface area contributed by atoms with Crippen LogP contribution in [0.25, 0.3) is 0 Å². The lowest BCUT2D eigenvalue weighted by molar-refractivity contribution is -0.139. The summed E-state index contributed by atoms with van der Waals surface area (Å²) < 4.78 is 0.994. The molecule has 3 rings (SSSR count). The zero-order chi connectivity index (χ0) is 15.7. The molecule has 7 heteroatoms. The lowest BCUT2D eigenvalue weighted by atomic mass is 9.90. The Labute approximate surface area is 165 Å². The van der Waals surface area contributed by atoms with Crippen LogP contribution < -0.4 is 5.73 Å². The highest BCUT2D eigenvalue weighted by Crippen LogP contribution is 2.27. The van der Waals surface area contributed by atoms with E-state index in [4.69, 9.17) is 5.73 Å². The van der Waals surface area contributed by atoms with Gasteiger partial charge in [-0.05, 0) is 37.5 Å². The number of hydrogen-bond acceptors (Lipinski definition) is 3. The van der Waals surface area contributed by atoms with Gasteiger partial charge in [0.2, 0.25) is 5.91 Å². The van der Waals surface area contributed by atoms with Crippen molar-refractivity contribution in [2.45, 2.75) is 37.8 Å². The summed E-state index contributed by atoms with van der Waals surface area (Å²) in [4.78, 5) is 17.3. The van der Waals surface area contributed by atoms with Gasteiger partial charge in [0.05, 0.1) is 0 Å². The van der Waals surface area contributed by atoms with Gasteiger partial charge in [0, 0.05) is 36.7 Å². The van der Waals surface area contributed by atoms with Gasteiger partial charge in [-0.25, -0.2) is 0 Å². The number of amides is 1. The molecule has 1 saturated heterocycles. The minimum atomic E-state index is -0.959. The number of carbonyl (C=O) groups is 1. The fraction of sp³-hybridized carbons (Fsp3) is 0.588. The average molecular weight is 439 g/mol. The van der Waals surface area contributed by atoms with Gasteiger partial charge in [0.15, 0.2) is 0 Å². The molecule has 1 aromatic rings. The normalized spacial score (nSPS) is 21.0. The molecule has 0 aromatic heterocycles. The van der Waals surface area contributed by atoms with E-state index in [-0.39, 0.29) is 30.7 Å². The van der Waals surface area contributed by atoms with E-state index >= 15 is 0 Å². The molecule has 0 radical (unpaired) electrons. The molecular formula is C17H26BrCl2N3O. The first kappa shape index (κ1) is 21.7. The molecule has 1 unspecified atom stereocenters. The minimum absolute atomic E-state index is 0. The fourth-order valence-electron chi connectivity index (χ4n) is 3.29. The van der Waals surface area contributed by atoms with Crippen molar-refractivity contribution in [3.63, 3.8) is 0 Å². The van der Waals surface area contributed by atoms with E-state index in [1.807, 2.05) is 36.1 Å². The second-order valence-corrected chi connectivity index (χ2v) is 7.54. The Hall–Kier alpha value is -0.330. The first-order valence-corrected chi connectivity index (χ1v) is 8.86. The van der Waals surface area contributed by atoms with Crippen molar-refractivity contribution in [3.05, 3.63) is 34.3 Å². The van der Waals surface area contributed by atoms with Crippen LogP contribution in [0.15, 0.2) is 28.7 Å². The van der Waals surface area contributed by atoms with Gasteiger partial charge in [0.1, 0.15) is 5.54 Å². The lowest BCUT2D eigenvalue weighted by Gasteiger charge is -2.44. The summed E-state index contributed by atoms with van der Waals surface area (Å²) in [7, 11) is 0. The predicted octanol–water partition coefficient (Wildman–Crippen LogP) is 3.16. The Balaban J connectivity index is 0.00000144.